The van der Waals surface area contributed by atoms with E-state index in [1.54, 1.807) is 0 Å². The number of carbonyl (C=O) groups excluding carboxylic acids is 1. The minimum absolute atomic E-state index is 0.263. The summed E-state index contributed by atoms with van der Waals surface area (Å²) in [4.78, 5) is 14.6. The van der Waals surface area contributed by atoms with Crippen LogP contribution < -0.4 is 0 Å². The van der Waals surface area contributed by atoms with E-state index in [0.29, 0.717) is 6.54 Å². The topological polar surface area (TPSA) is 20.3 Å². The van der Waals surface area contributed by atoms with Gasteiger partial charge in [-0.05, 0) is 50.8 Å². The highest BCUT2D eigenvalue weighted by Crippen LogP contribution is 2.29. The van der Waals surface area contributed by atoms with Gasteiger partial charge in [-0.15, -0.1) is 0 Å². The smallest absolute Gasteiger partial charge is 0.177 e. The molecule has 2 rings (SSSR count). The fraction of sp³-hybridized carbons (Fsp3) is 0.562. The monoisotopic (exact) mass is 245 g/mol. The predicted molar refractivity (Wildman–Crippen MR) is 75.1 cm³/mol. The molecule has 18 heavy (non-hydrogen) atoms. The van der Waals surface area contributed by atoms with Crippen molar-refractivity contribution in [2.45, 2.75) is 33.6 Å². The molecule has 2 heteroatoms. The van der Waals surface area contributed by atoms with Gasteiger partial charge in [0.25, 0.3) is 0 Å². The van der Waals surface area contributed by atoms with Gasteiger partial charge in [-0.25, -0.2) is 0 Å². The molecule has 98 valence electrons. The molecule has 1 saturated carbocycles. The second kappa shape index (κ2) is 5.66. The molecule has 1 aromatic carbocycles. The van der Waals surface area contributed by atoms with Crippen LogP contribution in [0, 0.1) is 19.8 Å². The maximum Gasteiger partial charge on any atom is 0.177 e. The maximum absolute atomic E-state index is 12.3. The van der Waals surface area contributed by atoms with E-state index >= 15 is 0 Å². The van der Waals surface area contributed by atoms with Crippen LogP contribution in [0.5, 0.6) is 0 Å². The van der Waals surface area contributed by atoms with Gasteiger partial charge < -0.3 is 0 Å². The van der Waals surface area contributed by atoms with Crippen molar-refractivity contribution < 1.29 is 4.79 Å². The summed E-state index contributed by atoms with van der Waals surface area (Å²) in [5.74, 6) is 1.11. The summed E-state index contributed by atoms with van der Waals surface area (Å²) in [5.41, 5.74) is 3.14. The number of nitrogens with zero attached hydrogens (tertiary/aromatic N) is 1. The molecule has 0 bridgehead atoms. The van der Waals surface area contributed by atoms with Crippen LogP contribution in [0.15, 0.2) is 18.2 Å². The Kier molecular flexibility index (Phi) is 4.18. The van der Waals surface area contributed by atoms with E-state index in [1.165, 1.54) is 12.8 Å². The van der Waals surface area contributed by atoms with Crippen molar-refractivity contribution in [3.05, 3.63) is 34.9 Å². The number of aryl methyl sites for hydroxylation is 2. The lowest BCUT2D eigenvalue weighted by atomic mass is 10.0. The van der Waals surface area contributed by atoms with Crippen molar-refractivity contribution in [1.29, 1.82) is 0 Å². The normalized spacial score (nSPS) is 15.1. The minimum atomic E-state index is 0.263. The molecular weight excluding hydrogens is 222 g/mol. The van der Waals surface area contributed by atoms with Crippen molar-refractivity contribution in [2.24, 2.45) is 5.92 Å². The molecule has 1 aromatic rings. The quantitative estimate of drug-likeness (QED) is 0.717. The fourth-order valence-electron chi connectivity index (χ4n) is 2.30. The zero-order chi connectivity index (χ0) is 13.1. The molecule has 0 radical (unpaired) electrons. The predicted octanol–water partition coefficient (Wildman–Crippen LogP) is 3.22. The third-order valence-corrected chi connectivity index (χ3v) is 3.72. The van der Waals surface area contributed by atoms with E-state index < -0.39 is 0 Å². The van der Waals surface area contributed by atoms with Gasteiger partial charge in [0.2, 0.25) is 0 Å². The Morgan fingerprint density at radius 3 is 2.67 bits per heavy atom. The summed E-state index contributed by atoms with van der Waals surface area (Å²) in [6.45, 7) is 8.82. The van der Waals surface area contributed by atoms with E-state index in [2.05, 4.69) is 17.9 Å². The van der Waals surface area contributed by atoms with Gasteiger partial charge in [0.15, 0.2) is 5.78 Å². The summed E-state index contributed by atoms with van der Waals surface area (Å²) in [7, 11) is 0. The standard InChI is InChI=1S/C16H23NO/c1-4-17(10-14-7-8-14)11-16(18)15-9-12(2)5-6-13(15)3/h5-6,9,14H,4,7-8,10-11H2,1-3H3. The van der Waals surface area contributed by atoms with Crippen LogP contribution in [0.25, 0.3) is 0 Å². The first-order chi connectivity index (χ1) is 8.60. The van der Waals surface area contributed by atoms with E-state index in [0.717, 1.165) is 35.7 Å². The van der Waals surface area contributed by atoms with Gasteiger partial charge in [0, 0.05) is 12.1 Å². The molecule has 0 aliphatic heterocycles. The molecule has 1 aliphatic carbocycles. The zero-order valence-electron chi connectivity index (χ0n) is 11.7. The number of hydrogen-bond acceptors (Lipinski definition) is 2. The second-order valence-corrected chi connectivity index (χ2v) is 5.51. The Balaban J connectivity index is 2.02. The summed E-state index contributed by atoms with van der Waals surface area (Å²) >= 11 is 0. The van der Waals surface area contributed by atoms with Crippen molar-refractivity contribution >= 4 is 5.78 Å². The second-order valence-electron chi connectivity index (χ2n) is 5.51. The van der Waals surface area contributed by atoms with Gasteiger partial charge in [-0.1, -0.05) is 24.6 Å². The molecule has 0 aromatic heterocycles. The Labute approximate surface area is 110 Å². The summed E-state index contributed by atoms with van der Waals surface area (Å²) in [6, 6.07) is 6.12. The van der Waals surface area contributed by atoms with Crippen LogP contribution in [-0.2, 0) is 0 Å². The number of ketones is 1. The van der Waals surface area contributed by atoms with E-state index in [9.17, 15) is 4.79 Å². The van der Waals surface area contributed by atoms with Crippen molar-refractivity contribution in [2.75, 3.05) is 19.6 Å². The highest BCUT2D eigenvalue weighted by molar-refractivity contribution is 5.99. The highest BCUT2D eigenvalue weighted by atomic mass is 16.1. The van der Waals surface area contributed by atoms with Crippen molar-refractivity contribution in [1.82, 2.24) is 4.90 Å². The average molecular weight is 245 g/mol. The van der Waals surface area contributed by atoms with Crippen LogP contribution in [0.2, 0.25) is 0 Å². The average Bonchev–Trinajstić information content (AvgIpc) is 3.15. The molecule has 2 nitrogen and oxygen atoms in total. The lowest BCUT2D eigenvalue weighted by molar-refractivity contribution is 0.0930. The van der Waals surface area contributed by atoms with Gasteiger partial charge in [0.1, 0.15) is 0 Å². The summed E-state index contributed by atoms with van der Waals surface area (Å²) in [5, 5.41) is 0. The third-order valence-electron chi connectivity index (χ3n) is 3.72. The van der Waals surface area contributed by atoms with Crippen molar-refractivity contribution in [3.8, 4) is 0 Å². The number of carbonyl (C=O) groups is 1. The van der Waals surface area contributed by atoms with Crippen molar-refractivity contribution in [3.63, 3.8) is 0 Å². The Morgan fingerprint density at radius 1 is 1.33 bits per heavy atom. The van der Waals surface area contributed by atoms with E-state index in [1.807, 2.05) is 26.0 Å². The first kappa shape index (κ1) is 13.3. The third kappa shape index (κ3) is 3.42. The molecule has 0 unspecified atom stereocenters. The van der Waals surface area contributed by atoms with Crippen LogP contribution >= 0.6 is 0 Å². The molecule has 1 fully saturated rings. The van der Waals surface area contributed by atoms with Crippen LogP contribution in [0.1, 0.15) is 41.3 Å². The lowest BCUT2D eigenvalue weighted by Crippen LogP contribution is -2.31. The molecule has 0 heterocycles. The summed E-state index contributed by atoms with van der Waals surface area (Å²) in [6.07, 6.45) is 2.68. The largest absolute Gasteiger partial charge is 0.296 e. The number of likely N-dealkylation sites (N-methyl/N-ethyl adjacent to an activating group) is 1. The molecule has 0 atom stereocenters. The van der Waals surface area contributed by atoms with Gasteiger partial charge in [0.05, 0.1) is 6.54 Å². The number of benzene rings is 1. The number of Topliss-reactive ketones (excluding diaryl/α,β-unsaturated/α-hetero) is 1. The van der Waals surface area contributed by atoms with Gasteiger partial charge in [-0.2, -0.15) is 0 Å². The number of rotatable bonds is 6. The first-order valence-electron chi connectivity index (χ1n) is 6.93. The molecule has 0 saturated heterocycles. The van der Waals surface area contributed by atoms with Crippen LogP contribution in [0.3, 0.4) is 0 Å². The fourth-order valence-corrected chi connectivity index (χ4v) is 2.30. The first-order valence-corrected chi connectivity index (χ1v) is 6.93. The molecule has 0 N–H and O–H groups in total. The lowest BCUT2D eigenvalue weighted by Gasteiger charge is -2.19. The molecule has 0 spiro atoms. The maximum atomic E-state index is 12.3. The highest BCUT2D eigenvalue weighted by Gasteiger charge is 2.24. The van der Waals surface area contributed by atoms with E-state index in [-0.39, 0.29) is 5.78 Å². The zero-order valence-corrected chi connectivity index (χ0v) is 11.7. The molecular formula is C16H23NO. The number of hydrogen-bond donors (Lipinski definition) is 0. The molecule has 0 amide bonds. The van der Waals surface area contributed by atoms with Crippen LogP contribution in [0.4, 0.5) is 0 Å². The Hall–Kier alpha value is -1.15. The van der Waals surface area contributed by atoms with Crippen LogP contribution in [-0.4, -0.2) is 30.3 Å². The minimum Gasteiger partial charge on any atom is -0.296 e. The van der Waals surface area contributed by atoms with E-state index in [4.69, 9.17) is 0 Å². The SMILES string of the molecule is CCN(CC(=O)c1cc(C)ccc1C)CC1CC1. The summed E-state index contributed by atoms with van der Waals surface area (Å²) < 4.78 is 0. The Bertz CT molecular complexity index is 435. The van der Waals surface area contributed by atoms with Gasteiger partial charge in [-0.3, -0.25) is 9.69 Å². The molecule has 1 aliphatic rings. The van der Waals surface area contributed by atoms with Gasteiger partial charge >= 0.3 is 0 Å². The Morgan fingerprint density at radius 2 is 2.06 bits per heavy atom.